The number of hydrogen-bond donors (Lipinski definition) is 2. The molecule has 138 valence electrons. The van der Waals surface area contributed by atoms with Gasteiger partial charge in [0, 0.05) is 25.7 Å². The van der Waals surface area contributed by atoms with E-state index in [0.29, 0.717) is 12.6 Å². The van der Waals surface area contributed by atoms with E-state index in [-0.39, 0.29) is 11.9 Å². The number of nitrogens with one attached hydrogen (secondary N) is 2. The number of morpholine rings is 1. The first-order valence-corrected chi connectivity index (χ1v) is 9.75. The summed E-state index contributed by atoms with van der Waals surface area (Å²) in [6.07, 6.45) is 6.31. The first-order valence-electron chi connectivity index (χ1n) is 9.34. The molecule has 0 aromatic heterocycles. The fourth-order valence-electron chi connectivity index (χ4n) is 3.70. The van der Waals surface area contributed by atoms with Crippen LogP contribution in [0.5, 0.6) is 0 Å². The second-order valence-corrected chi connectivity index (χ2v) is 7.31. The number of nitrogens with zero attached hydrogens (tertiary/aromatic N) is 1. The molecule has 1 aromatic carbocycles. The van der Waals surface area contributed by atoms with Crippen molar-refractivity contribution in [2.75, 3.05) is 32.8 Å². The maximum Gasteiger partial charge on any atom is 0.166 e. The normalized spacial score (nSPS) is 20.8. The highest BCUT2D eigenvalue weighted by atomic mass is 32.1. The molecule has 1 heterocycles. The zero-order valence-corrected chi connectivity index (χ0v) is 15.5. The molecule has 2 fully saturated rings. The molecular formula is C19H28FN3OS. The van der Waals surface area contributed by atoms with Gasteiger partial charge in [-0.2, -0.15) is 0 Å². The summed E-state index contributed by atoms with van der Waals surface area (Å²) in [4.78, 5) is 2.38. The summed E-state index contributed by atoms with van der Waals surface area (Å²) in [6, 6.07) is 7.46. The number of thiocarbonyl (C=S) groups is 1. The lowest BCUT2D eigenvalue weighted by atomic mass is 9.96. The summed E-state index contributed by atoms with van der Waals surface area (Å²) >= 11 is 5.50. The van der Waals surface area contributed by atoms with Crippen LogP contribution in [0.25, 0.3) is 0 Å². The van der Waals surface area contributed by atoms with Gasteiger partial charge >= 0.3 is 0 Å². The molecule has 1 aliphatic carbocycles. The van der Waals surface area contributed by atoms with E-state index in [4.69, 9.17) is 17.0 Å². The first kappa shape index (κ1) is 18.5. The van der Waals surface area contributed by atoms with E-state index in [9.17, 15) is 4.39 Å². The second kappa shape index (κ2) is 9.46. The molecule has 2 aliphatic rings. The molecule has 1 atom stereocenters. The number of rotatable bonds is 5. The largest absolute Gasteiger partial charge is 0.379 e. The van der Waals surface area contributed by atoms with Crippen LogP contribution in [-0.2, 0) is 4.74 Å². The van der Waals surface area contributed by atoms with E-state index in [1.807, 2.05) is 12.1 Å². The van der Waals surface area contributed by atoms with Gasteiger partial charge in [0.2, 0.25) is 0 Å². The third kappa shape index (κ3) is 5.62. The average molecular weight is 366 g/mol. The maximum atomic E-state index is 13.3. The predicted octanol–water partition coefficient (Wildman–Crippen LogP) is 3.00. The van der Waals surface area contributed by atoms with Crippen molar-refractivity contribution in [3.05, 3.63) is 35.6 Å². The van der Waals surface area contributed by atoms with Crippen LogP contribution in [0.2, 0.25) is 0 Å². The lowest BCUT2D eigenvalue weighted by Gasteiger charge is -2.35. The Hall–Kier alpha value is -1.24. The molecule has 0 unspecified atom stereocenters. The van der Waals surface area contributed by atoms with Crippen LogP contribution in [-0.4, -0.2) is 48.9 Å². The Kier molecular flexibility index (Phi) is 7.02. The Labute approximate surface area is 155 Å². The minimum Gasteiger partial charge on any atom is -0.379 e. The second-order valence-electron chi connectivity index (χ2n) is 6.90. The van der Waals surface area contributed by atoms with Crippen molar-refractivity contribution in [3.63, 3.8) is 0 Å². The molecule has 6 heteroatoms. The van der Waals surface area contributed by atoms with Gasteiger partial charge in [-0.25, -0.2) is 4.39 Å². The van der Waals surface area contributed by atoms with Crippen LogP contribution in [0.4, 0.5) is 4.39 Å². The highest BCUT2D eigenvalue weighted by molar-refractivity contribution is 7.80. The number of ether oxygens (including phenoxy) is 1. The van der Waals surface area contributed by atoms with Crippen molar-refractivity contribution in [2.24, 2.45) is 0 Å². The Bertz CT molecular complexity index is 542. The zero-order valence-electron chi connectivity index (χ0n) is 14.7. The molecule has 1 saturated heterocycles. The number of halogens is 1. The van der Waals surface area contributed by atoms with Gasteiger partial charge in [0.05, 0.1) is 19.3 Å². The summed E-state index contributed by atoms with van der Waals surface area (Å²) in [7, 11) is 0. The van der Waals surface area contributed by atoms with Crippen LogP contribution in [0.1, 0.15) is 43.7 Å². The quantitative estimate of drug-likeness (QED) is 0.785. The molecule has 0 radical (unpaired) electrons. The minimum absolute atomic E-state index is 0.163. The van der Waals surface area contributed by atoms with Crippen LogP contribution in [0.3, 0.4) is 0 Å². The third-order valence-electron chi connectivity index (χ3n) is 5.14. The molecule has 3 rings (SSSR count). The van der Waals surface area contributed by atoms with E-state index in [1.54, 1.807) is 0 Å². The molecule has 0 amide bonds. The molecular weight excluding hydrogens is 337 g/mol. The van der Waals surface area contributed by atoms with Gasteiger partial charge in [-0.3, -0.25) is 4.90 Å². The van der Waals surface area contributed by atoms with Crippen LogP contribution < -0.4 is 10.6 Å². The van der Waals surface area contributed by atoms with Gasteiger partial charge in [0.1, 0.15) is 5.82 Å². The maximum absolute atomic E-state index is 13.3. The molecule has 2 N–H and O–H groups in total. The fourth-order valence-corrected chi connectivity index (χ4v) is 3.95. The summed E-state index contributed by atoms with van der Waals surface area (Å²) in [6.45, 7) is 3.95. The molecule has 25 heavy (non-hydrogen) atoms. The van der Waals surface area contributed by atoms with Crippen molar-refractivity contribution in [1.82, 2.24) is 15.5 Å². The molecule has 0 bridgehead atoms. The van der Waals surface area contributed by atoms with Crippen molar-refractivity contribution in [2.45, 2.75) is 44.2 Å². The number of benzene rings is 1. The average Bonchev–Trinajstić information content (AvgIpc) is 2.65. The molecule has 0 spiro atoms. The third-order valence-corrected chi connectivity index (χ3v) is 5.40. The van der Waals surface area contributed by atoms with Crippen molar-refractivity contribution in [1.29, 1.82) is 0 Å². The van der Waals surface area contributed by atoms with Gasteiger partial charge in [-0.05, 0) is 42.8 Å². The van der Waals surface area contributed by atoms with Gasteiger partial charge in [0.25, 0.3) is 0 Å². The van der Waals surface area contributed by atoms with Crippen molar-refractivity contribution < 1.29 is 9.13 Å². The standard InChI is InChI=1S/C19H28FN3OS/c20-16-8-6-15(7-9-16)18(23-10-12-24-13-11-23)14-21-19(25)22-17-4-2-1-3-5-17/h6-9,17-18H,1-5,10-14H2,(H2,21,22,25)/t18-/m1/s1. The first-order chi connectivity index (χ1) is 12.2. The molecule has 1 aromatic rings. The van der Waals surface area contributed by atoms with Crippen LogP contribution in [0.15, 0.2) is 24.3 Å². The summed E-state index contributed by atoms with van der Waals surface area (Å²) < 4.78 is 18.8. The molecule has 1 aliphatic heterocycles. The Morgan fingerprint density at radius 3 is 2.52 bits per heavy atom. The predicted molar refractivity (Wildman–Crippen MR) is 102 cm³/mol. The van der Waals surface area contributed by atoms with E-state index >= 15 is 0 Å². The smallest absolute Gasteiger partial charge is 0.166 e. The van der Waals surface area contributed by atoms with E-state index in [2.05, 4.69) is 15.5 Å². The monoisotopic (exact) mass is 365 g/mol. The summed E-state index contributed by atoms with van der Waals surface area (Å²) in [5.74, 6) is -0.202. The van der Waals surface area contributed by atoms with Crippen LogP contribution in [0, 0.1) is 5.82 Å². The van der Waals surface area contributed by atoms with Crippen LogP contribution >= 0.6 is 12.2 Å². The van der Waals surface area contributed by atoms with Gasteiger partial charge < -0.3 is 15.4 Å². The molecule has 1 saturated carbocycles. The Morgan fingerprint density at radius 2 is 1.84 bits per heavy atom. The SMILES string of the molecule is Fc1ccc([C@@H](CNC(=S)NC2CCCCC2)N2CCOCC2)cc1. The highest BCUT2D eigenvalue weighted by Crippen LogP contribution is 2.22. The summed E-state index contributed by atoms with van der Waals surface area (Å²) in [5, 5.41) is 7.57. The number of hydrogen-bond acceptors (Lipinski definition) is 3. The summed E-state index contributed by atoms with van der Waals surface area (Å²) in [5.41, 5.74) is 1.11. The van der Waals surface area contributed by atoms with Gasteiger partial charge in [0.15, 0.2) is 5.11 Å². The lowest BCUT2D eigenvalue weighted by Crippen LogP contribution is -2.47. The lowest BCUT2D eigenvalue weighted by molar-refractivity contribution is 0.0170. The Morgan fingerprint density at radius 1 is 1.16 bits per heavy atom. The zero-order chi connectivity index (χ0) is 17.5. The fraction of sp³-hybridized carbons (Fsp3) is 0.632. The van der Waals surface area contributed by atoms with Crippen molar-refractivity contribution in [3.8, 4) is 0 Å². The minimum atomic E-state index is -0.202. The van der Waals surface area contributed by atoms with E-state index in [0.717, 1.165) is 37.0 Å². The Balaban J connectivity index is 1.58. The van der Waals surface area contributed by atoms with Gasteiger partial charge in [-0.15, -0.1) is 0 Å². The van der Waals surface area contributed by atoms with Gasteiger partial charge in [-0.1, -0.05) is 31.4 Å². The highest BCUT2D eigenvalue weighted by Gasteiger charge is 2.23. The molecule has 4 nitrogen and oxygen atoms in total. The van der Waals surface area contributed by atoms with Crippen molar-refractivity contribution >= 4 is 17.3 Å². The van der Waals surface area contributed by atoms with E-state index in [1.165, 1.54) is 44.2 Å². The van der Waals surface area contributed by atoms with E-state index < -0.39 is 0 Å². The topological polar surface area (TPSA) is 36.5 Å².